The van der Waals surface area contributed by atoms with Gasteiger partial charge in [-0.2, -0.15) is 0 Å². The second-order valence-electron chi connectivity index (χ2n) is 4.94. The summed E-state index contributed by atoms with van der Waals surface area (Å²) in [5, 5.41) is 3.36. The highest BCUT2D eigenvalue weighted by Crippen LogP contribution is 2.16. The Morgan fingerprint density at radius 1 is 1.04 bits per heavy atom. The van der Waals surface area contributed by atoms with Crippen LogP contribution in [-0.4, -0.2) is 10.9 Å². The average Bonchev–Trinajstić information content (AvgIpc) is 2.57. The van der Waals surface area contributed by atoms with E-state index in [9.17, 15) is 18.0 Å². The molecule has 0 aliphatic heterocycles. The topological polar surface area (TPSA) is 42.0 Å². The number of para-hydroxylation sites is 1. The number of pyridine rings is 1. The van der Waals surface area contributed by atoms with Crippen molar-refractivity contribution in [3.8, 4) is 0 Å². The number of nitrogens with one attached hydrogen (secondary N) is 1. The minimum Gasteiger partial charge on any atom is -0.348 e. The number of nitrogens with zero attached hydrogens (tertiary/aromatic N) is 1. The standard InChI is InChI=1S/C17H11F3N2O/c18-13-6-5-12(15(19)16(13)20)17(23)22-9-10-7-11-3-1-2-4-14(11)21-8-10/h1-8H,9H2,(H,22,23). The van der Waals surface area contributed by atoms with Gasteiger partial charge in [0.1, 0.15) is 0 Å². The van der Waals surface area contributed by atoms with E-state index in [1.54, 1.807) is 6.20 Å². The summed E-state index contributed by atoms with van der Waals surface area (Å²) in [6, 6.07) is 10.9. The molecule has 0 aliphatic rings. The van der Waals surface area contributed by atoms with E-state index in [1.807, 2.05) is 30.3 Å². The van der Waals surface area contributed by atoms with Crippen molar-refractivity contribution in [3.05, 3.63) is 77.2 Å². The van der Waals surface area contributed by atoms with E-state index in [2.05, 4.69) is 10.3 Å². The number of carbonyl (C=O) groups excluding carboxylic acids is 1. The fraction of sp³-hybridized carbons (Fsp3) is 0.0588. The van der Waals surface area contributed by atoms with E-state index >= 15 is 0 Å². The number of carbonyl (C=O) groups is 1. The monoisotopic (exact) mass is 316 g/mol. The minimum absolute atomic E-state index is 0.0924. The molecule has 0 saturated heterocycles. The molecule has 116 valence electrons. The lowest BCUT2D eigenvalue weighted by molar-refractivity contribution is 0.0945. The maximum Gasteiger partial charge on any atom is 0.254 e. The molecule has 2 aromatic carbocycles. The largest absolute Gasteiger partial charge is 0.348 e. The van der Waals surface area contributed by atoms with E-state index in [4.69, 9.17) is 0 Å². The fourth-order valence-corrected chi connectivity index (χ4v) is 2.19. The molecule has 0 unspecified atom stereocenters. The normalized spacial score (nSPS) is 10.7. The lowest BCUT2D eigenvalue weighted by atomic mass is 10.1. The first-order valence-electron chi connectivity index (χ1n) is 6.81. The number of aromatic nitrogens is 1. The second-order valence-corrected chi connectivity index (χ2v) is 4.94. The summed E-state index contributed by atoms with van der Waals surface area (Å²) in [6.45, 7) is 0.0924. The maximum atomic E-state index is 13.6. The fourth-order valence-electron chi connectivity index (χ4n) is 2.19. The van der Waals surface area contributed by atoms with E-state index in [-0.39, 0.29) is 6.54 Å². The minimum atomic E-state index is -1.66. The van der Waals surface area contributed by atoms with Crippen molar-refractivity contribution in [1.82, 2.24) is 10.3 Å². The second kappa shape index (κ2) is 6.08. The van der Waals surface area contributed by atoms with Crippen molar-refractivity contribution in [3.63, 3.8) is 0 Å². The number of fused-ring (bicyclic) bond motifs is 1. The third-order valence-electron chi connectivity index (χ3n) is 3.38. The highest BCUT2D eigenvalue weighted by atomic mass is 19.2. The summed E-state index contributed by atoms with van der Waals surface area (Å²) < 4.78 is 39.6. The number of benzene rings is 2. The van der Waals surface area contributed by atoms with Gasteiger partial charge in [-0.05, 0) is 29.8 Å². The van der Waals surface area contributed by atoms with Gasteiger partial charge in [-0.3, -0.25) is 9.78 Å². The molecule has 1 N–H and O–H groups in total. The zero-order chi connectivity index (χ0) is 16.4. The van der Waals surface area contributed by atoms with Crippen LogP contribution in [0.3, 0.4) is 0 Å². The number of hydrogen-bond donors (Lipinski definition) is 1. The zero-order valence-corrected chi connectivity index (χ0v) is 11.8. The van der Waals surface area contributed by atoms with Crippen molar-refractivity contribution in [1.29, 1.82) is 0 Å². The predicted octanol–water partition coefficient (Wildman–Crippen LogP) is 3.58. The SMILES string of the molecule is O=C(NCc1cnc2ccccc2c1)c1ccc(F)c(F)c1F. The Labute approximate surface area is 129 Å². The van der Waals surface area contributed by atoms with E-state index < -0.39 is 28.9 Å². The summed E-state index contributed by atoms with van der Waals surface area (Å²) in [6.07, 6.45) is 1.59. The molecule has 6 heteroatoms. The molecule has 0 saturated carbocycles. The molecule has 0 radical (unpaired) electrons. The van der Waals surface area contributed by atoms with Gasteiger partial charge in [0.15, 0.2) is 17.5 Å². The third-order valence-corrected chi connectivity index (χ3v) is 3.38. The van der Waals surface area contributed by atoms with Crippen molar-refractivity contribution < 1.29 is 18.0 Å². The van der Waals surface area contributed by atoms with Gasteiger partial charge in [-0.15, -0.1) is 0 Å². The Kier molecular flexibility index (Phi) is 3.97. The first kappa shape index (κ1) is 15.0. The summed E-state index contributed by atoms with van der Waals surface area (Å²) in [5.41, 5.74) is 0.979. The Morgan fingerprint density at radius 2 is 1.83 bits per heavy atom. The van der Waals surface area contributed by atoms with Crippen LogP contribution >= 0.6 is 0 Å². The first-order valence-corrected chi connectivity index (χ1v) is 6.81. The van der Waals surface area contributed by atoms with Crippen molar-refractivity contribution in [2.24, 2.45) is 0 Å². The van der Waals surface area contributed by atoms with Gasteiger partial charge in [0.05, 0.1) is 11.1 Å². The summed E-state index contributed by atoms with van der Waals surface area (Å²) in [7, 11) is 0. The van der Waals surface area contributed by atoms with Gasteiger partial charge in [-0.1, -0.05) is 18.2 Å². The van der Waals surface area contributed by atoms with Crippen LogP contribution in [0, 0.1) is 17.5 Å². The molecular formula is C17H11F3N2O. The van der Waals surface area contributed by atoms with Crippen LogP contribution in [0.15, 0.2) is 48.7 Å². The Hall–Kier alpha value is -2.89. The highest BCUT2D eigenvalue weighted by molar-refractivity contribution is 5.94. The number of halogens is 3. The number of hydrogen-bond acceptors (Lipinski definition) is 2. The molecule has 1 amide bonds. The molecular weight excluding hydrogens is 305 g/mol. The van der Waals surface area contributed by atoms with Crippen LogP contribution in [0.2, 0.25) is 0 Å². The Balaban J connectivity index is 1.77. The van der Waals surface area contributed by atoms with Crippen LogP contribution in [0.4, 0.5) is 13.2 Å². The molecule has 3 aromatic rings. The van der Waals surface area contributed by atoms with Gasteiger partial charge in [0, 0.05) is 18.1 Å². The first-order chi connectivity index (χ1) is 11.1. The van der Waals surface area contributed by atoms with Crippen molar-refractivity contribution >= 4 is 16.8 Å². The Bertz CT molecular complexity index is 896. The summed E-state index contributed by atoms with van der Waals surface area (Å²) >= 11 is 0. The van der Waals surface area contributed by atoms with Gasteiger partial charge < -0.3 is 5.32 Å². The molecule has 3 rings (SSSR count). The summed E-state index contributed by atoms with van der Waals surface area (Å²) in [5.74, 6) is -5.32. The number of amides is 1. The van der Waals surface area contributed by atoms with Crippen LogP contribution in [0.1, 0.15) is 15.9 Å². The molecule has 0 bridgehead atoms. The molecule has 0 atom stereocenters. The van der Waals surface area contributed by atoms with Gasteiger partial charge in [-0.25, -0.2) is 13.2 Å². The lowest BCUT2D eigenvalue weighted by Crippen LogP contribution is -2.24. The van der Waals surface area contributed by atoms with Crippen LogP contribution < -0.4 is 5.32 Å². The predicted molar refractivity (Wildman–Crippen MR) is 79.2 cm³/mol. The molecule has 3 nitrogen and oxygen atoms in total. The van der Waals surface area contributed by atoms with E-state index in [1.165, 1.54) is 0 Å². The maximum absolute atomic E-state index is 13.6. The van der Waals surface area contributed by atoms with E-state index in [0.29, 0.717) is 11.6 Å². The van der Waals surface area contributed by atoms with Gasteiger partial charge in [0.2, 0.25) is 0 Å². The van der Waals surface area contributed by atoms with Crippen molar-refractivity contribution in [2.45, 2.75) is 6.54 Å². The molecule has 0 spiro atoms. The molecule has 1 aromatic heterocycles. The molecule has 23 heavy (non-hydrogen) atoms. The van der Waals surface area contributed by atoms with Crippen molar-refractivity contribution in [2.75, 3.05) is 0 Å². The average molecular weight is 316 g/mol. The molecule has 0 aliphatic carbocycles. The van der Waals surface area contributed by atoms with E-state index in [0.717, 1.165) is 17.0 Å². The van der Waals surface area contributed by atoms with Crippen LogP contribution in [0.5, 0.6) is 0 Å². The molecule has 0 fully saturated rings. The van der Waals surface area contributed by atoms with Crippen LogP contribution in [0.25, 0.3) is 10.9 Å². The smallest absolute Gasteiger partial charge is 0.254 e. The number of rotatable bonds is 3. The third kappa shape index (κ3) is 3.01. The van der Waals surface area contributed by atoms with Gasteiger partial charge in [0.25, 0.3) is 5.91 Å². The Morgan fingerprint density at radius 3 is 2.65 bits per heavy atom. The van der Waals surface area contributed by atoms with Crippen LogP contribution in [-0.2, 0) is 6.54 Å². The van der Waals surface area contributed by atoms with Gasteiger partial charge >= 0.3 is 0 Å². The zero-order valence-electron chi connectivity index (χ0n) is 11.8. The summed E-state index contributed by atoms with van der Waals surface area (Å²) in [4.78, 5) is 16.1. The lowest BCUT2D eigenvalue weighted by Gasteiger charge is -2.07. The highest BCUT2D eigenvalue weighted by Gasteiger charge is 2.18. The molecule has 1 heterocycles. The quantitative estimate of drug-likeness (QED) is 0.751.